The van der Waals surface area contributed by atoms with Crippen molar-refractivity contribution in [2.24, 2.45) is 5.92 Å². The highest BCUT2D eigenvalue weighted by Crippen LogP contribution is 2.14. The van der Waals surface area contributed by atoms with Gasteiger partial charge in [0.05, 0.1) is 6.07 Å². The van der Waals surface area contributed by atoms with Crippen LogP contribution in [0.3, 0.4) is 0 Å². The fraction of sp³-hybridized carbons (Fsp3) is 0.308. The molecule has 0 N–H and O–H groups in total. The molecule has 1 aromatic rings. The minimum atomic E-state index is -0.779. The van der Waals surface area contributed by atoms with Crippen LogP contribution in [0, 0.1) is 17.2 Å². The minimum absolute atomic E-state index is 0.237. The Kier molecular flexibility index (Phi) is 3.20. The Morgan fingerprint density at radius 2 is 2.00 bits per heavy atom. The summed E-state index contributed by atoms with van der Waals surface area (Å²) in [5, 5.41) is 8.71. The lowest BCUT2D eigenvalue weighted by atomic mass is 10.1. The van der Waals surface area contributed by atoms with E-state index in [4.69, 9.17) is 5.26 Å². The first-order valence-electron chi connectivity index (χ1n) is 5.49. The predicted octanol–water partition coefficient (Wildman–Crippen LogP) is 0.780. The number of nitriles is 1. The van der Waals surface area contributed by atoms with Crippen LogP contribution in [0.15, 0.2) is 30.3 Å². The van der Waals surface area contributed by atoms with Gasteiger partial charge in [0, 0.05) is 13.1 Å². The van der Waals surface area contributed by atoms with Gasteiger partial charge in [-0.25, -0.2) is 0 Å². The number of ketones is 1. The Hall–Kier alpha value is -2.15. The maximum absolute atomic E-state index is 11.5. The minimum Gasteiger partial charge on any atom is -0.334 e. The first kappa shape index (κ1) is 11.3. The first-order valence-corrected chi connectivity index (χ1v) is 5.49. The van der Waals surface area contributed by atoms with Gasteiger partial charge in [0.25, 0.3) is 5.91 Å². The third-order valence-electron chi connectivity index (χ3n) is 2.89. The van der Waals surface area contributed by atoms with Crippen LogP contribution in [0.25, 0.3) is 0 Å². The summed E-state index contributed by atoms with van der Waals surface area (Å²) in [6.45, 7) is 0.730. The number of hydrogen-bond acceptors (Lipinski definition) is 3. The molecule has 4 heteroatoms. The maximum Gasteiger partial charge on any atom is 0.291 e. The molecule has 1 fully saturated rings. The van der Waals surface area contributed by atoms with E-state index in [2.05, 4.69) is 0 Å². The number of carbonyl (C=O) groups is 2. The number of benzene rings is 1. The fourth-order valence-electron chi connectivity index (χ4n) is 1.89. The van der Waals surface area contributed by atoms with Gasteiger partial charge in [0.2, 0.25) is 5.78 Å². The van der Waals surface area contributed by atoms with E-state index in [1.807, 2.05) is 36.4 Å². The van der Waals surface area contributed by atoms with Crippen molar-refractivity contribution in [2.45, 2.75) is 6.42 Å². The fourth-order valence-corrected chi connectivity index (χ4v) is 1.89. The number of amides is 1. The quantitative estimate of drug-likeness (QED) is 0.718. The Bertz CT molecular complexity index is 476. The van der Waals surface area contributed by atoms with E-state index in [0.29, 0.717) is 13.0 Å². The molecule has 1 atom stereocenters. The summed E-state index contributed by atoms with van der Waals surface area (Å²) in [5.41, 5.74) is 1.12. The SMILES string of the molecule is N#C[C@@H]1CN(CCc2ccccc2)C(=O)C1=O. The van der Waals surface area contributed by atoms with Crippen LogP contribution in [0.5, 0.6) is 0 Å². The molecule has 1 aromatic carbocycles. The first-order chi connectivity index (χ1) is 8.22. The molecule has 4 nitrogen and oxygen atoms in total. The van der Waals surface area contributed by atoms with Gasteiger partial charge in [-0.15, -0.1) is 0 Å². The summed E-state index contributed by atoms with van der Waals surface area (Å²) in [6, 6.07) is 11.6. The molecule has 0 unspecified atom stereocenters. The molecule has 2 rings (SSSR count). The van der Waals surface area contributed by atoms with E-state index in [0.717, 1.165) is 5.56 Å². The Morgan fingerprint density at radius 1 is 1.29 bits per heavy atom. The second-order valence-corrected chi connectivity index (χ2v) is 4.03. The van der Waals surface area contributed by atoms with E-state index in [9.17, 15) is 9.59 Å². The smallest absolute Gasteiger partial charge is 0.291 e. The molecular formula is C13H12N2O2. The molecule has 0 bridgehead atoms. The largest absolute Gasteiger partial charge is 0.334 e. The number of likely N-dealkylation sites (tertiary alicyclic amines) is 1. The summed E-state index contributed by atoms with van der Waals surface area (Å²) >= 11 is 0. The molecule has 0 saturated carbocycles. The van der Waals surface area contributed by atoms with E-state index < -0.39 is 17.6 Å². The van der Waals surface area contributed by atoms with Gasteiger partial charge in [0.1, 0.15) is 5.92 Å². The van der Waals surface area contributed by atoms with Crippen LogP contribution in [0.2, 0.25) is 0 Å². The monoisotopic (exact) mass is 228 g/mol. The predicted molar refractivity (Wildman–Crippen MR) is 60.8 cm³/mol. The van der Waals surface area contributed by atoms with E-state index in [1.165, 1.54) is 4.90 Å². The standard InChI is InChI=1S/C13H12N2O2/c14-8-11-9-15(13(17)12(11)16)7-6-10-4-2-1-3-5-10/h1-5,11H,6-7,9H2/t11-/m1/s1. The highest BCUT2D eigenvalue weighted by molar-refractivity contribution is 6.39. The second-order valence-electron chi connectivity index (χ2n) is 4.03. The Labute approximate surface area is 99.5 Å². The molecule has 1 heterocycles. The zero-order valence-corrected chi connectivity index (χ0v) is 9.30. The van der Waals surface area contributed by atoms with Crippen LogP contribution in [0.1, 0.15) is 5.56 Å². The van der Waals surface area contributed by atoms with Crippen LogP contribution < -0.4 is 0 Å². The molecule has 17 heavy (non-hydrogen) atoms. The lowest BCUT2D eigenvalue weighted by molar-refractivity contribution is -0.140. The highest BCUT2D eigenvalue weighted by Gasteiger charge is 2.38. The van der Waals surface area contributed by atoms with Gasteiger partial charge in [-0.2, -0.15) is 5.26 Å². The highest BCUT2D eigenvalue weighted by atomic mass is 16.2. The molecule has 86 valence electrons. The van der Waals surface area contributed by atoms with Crippen molar-refractivity contribution in [3.8, 4) is 6.07 Å². The Morgan fingerprint density at radius 3 is 2.59 bits per heavy atom. The second kappa shape index (κ2) is 4.79. The maximum atomic E-state index is 11.5. The molecule has 0 aromatic heterocycles. The van der Waals surface area contributed by atoms with Crippen molar-refractivity contribution >= 4 is 11.7 Å². The summed E-state index contributed by atoms with van der Waals surface area (Å²) in [4.78, 5) is 24.3. The molecular weight excluding hydrogens is 216 g/mol. The summed E-state index contributed by atoms with van der Waals surface area (Å²) in [6.07, 6.45) is 0.706. The average Bonchev–Trinajstić information content (AvgIpc) is 2.65. The summed E-state index contributed by atoms with van der Waals surface area (Å²) in [7, 11) is 0. The number of nitrogens with zero attached hydrogens (tertiary/aromatic N) is 2. The van der Waals surface area contributed by atoms with Crippen LogP contribution in [-0.2, 0) is 16.0 Å². The summed E-state index contributed by atoms with van der Waals surface area (Å²) < 4.78 is 0. The number of rotatable bonds is 3. The third kappa shape index (κ3) is 2.34. The molecule has 1 amide bonds. The van der Waals surface area contributed by atoms with Gasteiger partial charge in [0.15, 0.2) is 0 Å². The normalized spacial score (nSPS) is 19.5. The molecule has 1 aliphatic heterocycles. The molecule has 0 spiro atoms. The lowest BCUT2D eigenvalue weighted by Gasteiger charge is -2.14. The van der Waals surface area contributed by atoms with Crippen molar-refractivity contribution in [1.29, 1.82) is 5.26 Å². The van der Waals surface area contributed by atoms with Gasteiger partial charge in [-0.3, -0.25) is 9.59 Å². The average molecular weight is 228 g/mol. The zero-order valence-electron chi connectivity index (χ0n) is 9.30. The summed E-state index contributed by atoms with van der Waals surface area (Å²) in [5.74, 6) is -1.87. The number of hydrogen-bond donors (Lipinski definition) is 0. The van der Waals surface area contributed by atoms with E-state index in [-0.39, 0.29) is 6.54 Å². The zero-order chi connectivity index (χ0) is 12.3. The molecule has 0 radical (unpaired) electrons. The van der Waals surface area contributed by atoms with Gasteiger partial charge in [-0.05, 0) is 12.0 Å². The van der Waals surface area contributed by atoms with Crippen LogP contribution >= 0.6 is 0 Å². The molecule has 1 aliphatic rings. The molecule has 0 aliphatic carbocycles. The van der Waals surface area contributed by atoms with Gasteiger partial charge >= 0.3 is 0 Å². The van der Waals surface area contributed by atoms with Crippen molar-refractivity contribution in [3.63, 3.8) is 0 Å². The van der Waals surface area contributed by atoms with Crippen molar-refractivity contribution in [1.82, 2.24) is 4.90 Å². The third-order valence-corrected chi connectivity index (χ3v) is 2.89. The lowest BCUT2D eigenvalue weighted by Crippen LogP contribution is -2.29. The van der Waals surface area contributed by atoms with Crippen molar-refractivity contribution in [3.05, 3.63) is 35.9 Å². The van der Waals surface area contributed by atoms with Gasteiger partial charge in [-0.1, -0.05) is 30.3 Å². The van der Waals surface area contributed by atoms with Crippen LogP contribution in [0.4, 0.5) is 0 Å². The van der Waals surface area contributed by atoms with E-state index >= 15 is 0 Å². The number of Topliss-reactive ketones (excluding diaryl/α,β-unsaturated/α-hetero) is 1. The van der Waals surface area contributed by atoms with Crippen molar-refractivity contribution in [2.75, 3.05) is 13.1 Å². The molecule has 1 saturated heterocycles. The topological polar surface area (TPSA) is 61.2 Å². The van der Waals surface area contributed by atoms with Crippen LogP contribution in [-0.4, -0.2) is 29.7 Å². The van der Waals surface area contributed by atoms with E-state index in [1.54, 1.807) is 0 Å². The Balaban J connectivity index is 1.96. The van der Waals surface area contributed by atoms with Crippen molar-refractivity contribution < 1.29 is 9.59 Å². The van der Waals surface area contributed by atoms with Gasteiger partial charge < -0.3 is 4.90 Å². The number of carbonyl (C=O) groups excluding carboxylic acids is 2.